The van der Waals surface area contributed by atoms with Crippen LogP contribution in [0, 0.1) is 0 Å². The van der Waals surface area contributed by atoms with E-state index in [-0.39, 0.29) is 28.7 Å². The Morgan fingerprint density at radius 2 is 2.18 bits per heavy atom. The van der Waals surface area contributed by atoms with Gasteiger partial charge in [0.2, 0.25) is 0 Å². The van der Waals surface area contributed by atoms with E-state index in [1.165, 1.54) is 11.8 Å². The number of carbonyl (C=O) groups is 1. The molecule has 0 saturated carbocycles. The van der Waals surface area contributed by atoms with Crippen LogP contribution in [-0.2, 0) is 14.6 Å². The average Bonchev–Trinajstić information content (AvgIpc) is 2.89. The van der Waals surface area contributed by atoms with Crippen LogP contribution in [0.15, 0.2) is 29.3 Å². The van der Waals surface area contributed by atoms with Crippen LogP contribution in [0.5, 0.6) is 0 Å². The number of hydrogen-bond donors (Lipinski definition) is 0. The van der Waals surface area contributed by atoms with E-state index in [4.69, 9.17) is 23.2 Å². The first-order valence-electron chi connectivity index (χ1n) is 6.49. The quantitative estimate of drug-likeness (QED) is 0.737. The summed E-state index contributed by atoms with van der Waals surface area (Å²) in [5.74, 6) is -0.515. The Labute approximate surface area is 142 Å². The first kappa shape index (κ1) is 16.1. The smallest absolute Gasteiger partial charge is 0.262 e. The predicted octanol–water partition coefficient (Wildman–Crippen LogP) is 2.18. The summed E-state index contributed by atoms with van der Waals surface area (Å²) in [6.45, 7) is 0. The van der Waals surface area contributed by atoms with Crippen molar-refractivity contribution in [1.29, 1.82) is 0 Å². The van der Waals surface area contributed by atoms with Gasteiger partial charge >= 0.3 is 0 Å². The van der Waals surface area contributed by atoms with Gasteiger partial charge in [0.05, 0.1) is 17.5 Å². The molecular formula is C13H12Cl2N2O3S2. The maximum atomic E-state index is 11.9. The minimum absolute atomic E-state index is 0.0469. The van der Waals surface area contributed by atoms with Crippen LogP contribution in [0.4, 0.5) is 5.69 Å². The van der Waals surface area contributed by atoms with E-state index < -0.39 is 15.7 Å². The van der Waals surface area contributed by atoms with Gasteiger partial charge in [-0.05, 0) is 18.2 Å². The van der Waals surface area contributed by atoms with E-state index >= 15 is 0 Å². The Bertz CT molecular complexity index is 751. The molecule has 0 radical (unpaired) electrons. The molecule has 0 spiro atoms. The molecule has 2 aliphatic heterocycles. The molecular weight excluding hydrogens is 367 g/mol. The number of hydrogen-bond acceptors (Lipinski definition) is 4. The van der Waals surface area contributed by atoms with Gasteiger partial charge in [0, 0.05) is 16.0 Å². The summed E-state index contributed by atoms with van der Waals surface area (Å²) in [4.78, 5) is 17.4. The molecule has 3 rings (SSSR count). The first-order valence-corrected chi connectivity index (χ1v) is 10.1. The number of sulfone groups is 1. The minimum atomic E-state index is -3.08. The Morgan fingerprint density at radius 1 is 1.41 bits per heavy atom. The van der Waals surface area contributed by atoms with Crippen LogP contribution >= 0.6 is 35.0 Å². The lowest BCUT2D eigenvalue weighted by Gasteiger charge is -2.24. The molecule has 1 amide bonds. The Balaban J connectivity index is 2.03. The molecule has 0 aromatic heterocycles. The number of aliphatic imine (C=N–C) groups is 1. The number of anilines is 1. The number of amidine groups is 1. The molecule has 2 saturated heterocycles. The van der Waals surface area contributed by atoms with Crippen LogP contribution in [0.1, 0.15) is 0 Å². The van der Waals surface area contributed by atoms with E-state index in [0.29, 0.717) is 10.2 Å². The van der Waals surface area contributed by atoms with Crippen LogP contribution in [0.3, 0.4) is 0 Å². The number of alkyl halides is 1. The van der Waals surface area contributed by atoms with E-state index in [2.05, 4.69) is 4.99 Å². The van der Waals surface area contributed by atoms with Gasteiger partial charge < -0.3 is 4.90 Å². The fourth-order valence-corrected chi connectivity index (χ4v) is 6.80. The Hall–Kier alpha value is -0.760. The molecule has 1 aromatic rings. The van der Waals surface area contributed by atoms with E-state index in [9.17, 15) is 13.2 Å². The predicted molar refractivity (Wildman–Crippen MR) is 90.9 cm³/mol. The second-order valence-electron chi connectivity index (χ2n) is 5.07. The number of fused-ring (bicyclic) bond motifs is 1. The number of rotatable bonds is 2. The van der Waals surface area contributed by atoms with Crippen molar-refractivity contribution in [3.8, 4) is 0 Å². The highest BCUT2D eigenvalue weighted by atomic mass is 35.5. The van der Waals surface area contributed by atoms with Crippen LogP contribution in [0.2, 0.25) is 5.02 Å². The monoisotopic (exact) mass is 378 g/mol. The first-order chi connectivity index (χ1) is 10.4. The number of nitrogens with zero attached hydrogens (tertiary/aromatic N) is 2. The van der Waals surface area contributed by atoms with Gasteiger partial charge in [0.1, 0.15) is 5.88 Å². The minimum Gasteiger partial charge on any atom is -0.316 e. The lowest BCUT2D eigenvalue weighted by Crippen LogP contribution is -2.37. The molecule has 0 aliphatic carbocycles. The van der Waals surface area contributed by atoms with Crippen molar-refractivity contribution in [2.75, 3.05) is 22.3 Å². The molecule has 2 atom stereocenters. The lowest BCUT2D eigenvalue weighted by molar-refractivity contribution is -0.115. The summed E-state index contributed by atoms with van der Waals surface area (Å²) >= 11 is 12.8. The normalized spacial score (nSPS) is 28.1. The molecule has 118 valence electrons. The maximum absolute atomic E-state index is 11.9. The molecule has 2 aliphatic rings. The summed E-state index contributed by atoms with van der Waals surface area (Å²) in [6.07, 6.45) is 0. The summed E-state index contributed by atoms with van der Waals surface area (Å²) in [5.41, 5.74) is 0.728. The van der Waals surface area contributed by atoms with Gasteiger partial charge in [0.15, 0.2) is 15.0 Å². The van der Waals surface area contributed by atoms with Crippen molar-refractivity contribution < 1.29 is 13.2 Å². The van der Waals surface area contributed by atoms with Gasteiger partial charge in [0.25, 0.3) is 5.91 Å². The van der Waals surface area contributed by atoms with Gasteiger partial charge in [-0.15, -0.1) is 11.6 Å². The maximum Gasteiger partial charge on any atom is 0.262 e. The molecule has 0 N–H and O–H groups in total. The van der Waals surface area contributed by atoms with Crippen molar-refractivity contribution in [2.24, 2.45) is 4.99 Å². The third-order valence-corrected chi connectivity index (χ3v) is 7.16. The van der Waals surface area contributed by atoms with Gasteiger partial charge in [-0.25, -0.2) is 8.42 Å². The zero-order valence-electron chi connectivity index (χ0n) is 11.3. The van der Waals surface area contributed by atoms with Crippen LogP contribution in [-0.4, -0.2) is 48.2 Å². The van der Waals surface area contributed by atoms with Crippen LogP contribution < -0.4 is 4.90 Å². The van der Waals surface area contributed by atoms with Crippen molar-refractivity contribution in [1.82, 2.24) is 0 Å². The fraction of sp³-hybridized carbons (Fsp3) is 0.385. The SMILES string of the molecule is O=C(CCl)N=C1S[C@H]2CS(=O)(=O)C[C@@H]2N1c1cccc(Cl)c1. The van der Waals surface area contributed by atoms with Crippen molar-refractivity contribution in [3.63, 3.8) is 0 Å². The molecule has 2 fully saturated rings. The topological polar surface area (TPSA) is 66.8 Å². The number of carbonyl (C=O) groups excluding carboxylic acids is 1. The highest BCUT2D eigenvalue weighted by Gasteiger charge is 2.49. The molecule has 5 nitrogen and oxygen atoms in total. The lowest BCUT2D eigenvalue weighted by atomic mass is 10.2. The zero-order valence-corrected chi connectivity index (χ0v) is 14.4. The van der Waals surface area contributed by atoms with E-state index in [1.807, 2.05) is 6.07 Å². The van der Waals surface area contributed by atoms with E-state index in [1.54, 1.807) is 23.1 Å². The second kappa shape index (κ2) is 6.03. The van der Waals surface area contributed by atoms with Gasteiger partial charge in [-0.3, -0.25) is 4.79 Å². The average molecular weight is 379 g/mol. The summed E-state index contributed by atoms with van der Waals surface area (Å²) < 4.78 is 23.8. The van der Waals surface area contributed by atoms with Crippen molar-refractivity contribution in [2.45, 2.75) is 11.3 Å². The standard InChI is InChI=1S/C13H12Cl2N2O3S2/c14-5-12(18)16-13-17(9-3-1-2-8(15)4-9)10-6-22(19,20)7-11(10)21-13/h1-4,10-11H,5-7H2/t10-,11-/m0/s1. The molecule has 0 bridgehead atoms. The third kappa shape index (κ3) is 3.13. The molecule has 1 aromatic carbocycles. The summed E-state index contributed by atoms with van der Waals surface area (Å²) in [5, 5.41) is 0.887. The summed E-state index contributed by atoms with van der Waals surface area (Å²) in [6, 6.07) is 6.82. The number of amides is 1. The molecule has 0 unspecified atom stereocenters. The fourth-order valence-electron chi connectivity index (χ4n) is 2.63. The van der Waals surface area contributed by atoms with Gasteiger partial charge in [-0.2, -0.15) is 4.99 Å². The van der Waals surface area contributed by atoms with E-state index in [0.717, 1.165) is 5.69 Å². The Morgan fingerprint density at radius 3 is 2.86 bits per heavy atom. The third-order valence-electron chi connectivity index (χ3n) is 3.49. The Kier molecular flexibility index (Phi) is 4.42. The zero-order chi connectivity index (χ0) is 15.9. The molecule has 2 heterocycles. The summed E-state index contributed by atoms with van der Waals surface area (Å²) in [7, 11) is -3.08. The molecule has 9 heteroatoms. The number of benzene rings is 1. The number of halogens is 2. The number of thioether (sulfide) groups is 1. The van der Waals surface area contributed by atoms with Crippen molar-refractivity contribution in [3.05, 3.63) is 29.3 Å². The van der Waals surface area contributed by atoms with Crippen molar-refractivity contribution >= 4 is 61.6 Å². The van der Waals surface area contributed by atoms with Gasteiger partial charge in [-0.1, -0.05) is 29.4 Å². The largest absolute Gasteiger partial charge is 0.316 e. The van der Waals surface area contributed by atoms with Crippen LogP contribution in [0.25, 0.3) is 0 Å². The highest BCUT2D eigenvalue weighted by Crippen LogP contribution is 2.41. The second-order valence-corrected chi connectivity index (χ2v) is 9.14. The highest BCUT2D eigenvalue weighted by molar-refractivity contribution is 8.16. The molecule has 22 heavy (non-hydrogen) atoms.